The second-order valence-corrected chi connectivity index (χ2v) is 8.09. The maximum Gasteiger partial charge on any atom is 0.263 e. The van der Waals surface area contributed by atoms with Gasteiger partial charge in [0, 0.05) is 31.7 Å². The summed E-state index contributed by atoms with van der Waals surface area (Å²) in [7, 11) is 1.61. The summed E-state index contributed by atoms with van der Waals surface area (Å²) >= 11 is 0. The van der Waals surface area contributed by atoms with Crippen molar-refractivity contribution in [3.8, 4) is 34.3 Å². The van der Waals surface area contributed by atoms with Gasteiger partial charge in [0.2, 0.25) is 6.79 Å². The molecule has 0 spiro atoms. The van der Waals surface area contributed by atoms with Crippen LogP contribution in [0.4, 0.5) is 5.82 Å². The Kier molecular flexibility index (Phi) is 6.07. The molecule has 34 heavy (non-hydrogen) atoms. The Labute approximate surface area is 197 Å². The van der Waals surface area contributed by atoms with Crippen molar-refractivity contribution in [2.24, 2.45) is 0 Å². The minimum Gasteiger partial charge on any atom is -0.497 e. The van der Waals surface area contributed by atoms with Crippen LogP contribution in [0.25, 0.3) is 11.3 Å². The van der Waals surface area contributed by atoms with Crippen molar-refractivity contribution in [3.05, 3.63) is 54.6 Å². The van der Waals surface area contributed by atoms with Gasteiger partial charge in [-0.05, 0) is 61.5 Å². The molecule has 3 aromatic rings. The molecule has 0 bridgehead atoms. The van der Waals surface area contributed by atoms with Crippen LogP contribution in [0.3, 0.4) is 0 Å². The number of rotatable bonds is 6. The molecule has 0 aliphatic carbocycles. The molecule has 1 amide bonds. The molecule has 3 heterocycles. The molecule has 0 saturated carbocycles. The Balaban J connectivity index is 1.15. The average Bonchev–Trinajstić information content (AvgIpc) is 3.37. The van der Waals surface area contributed by atoms with Crippen molar-refractivity contribution in [2.75, 3.05) is 45.0 Å². The quantitative estimate of drug-likeness (QED) is 0.553. The predicted octanol–water partition coefficient (Wildman–Crippen LogP) is 3.00. The maximum atomic E-state index is 12.9. The normalized spacial score (nSPS) is 15.7. The highest BCUT2D eigenvalue weighted by molar-refractivity contribution is 5.81. The van der Waals surface area contributed by atoms with Gasteiger partial charge >= 0.3 is 0 Å². The molecule has 1 fully saturated rings. The molecule has 1 atom stereocenters. The van der Waals surface area contributed by atoms with E-state index in [1.54, 1.807) is 26.2 Å². The van der Waals surface area contributed by atoms with Crippen LogP contribution in [0.1, 0.15) is 6.92 Å². The summed E-state index contributed by atoms with van der Waals surface area (Å²) in [6.07, 6.45) is -0.569. The van der Waals surface area contributed by atoms with Gasteiger partial charge in [0.25, 0.3) is 5.91 Å². The molecular weight excluding hydrogens is 436 g/mol. The Morgan fingerprint density at radius 3 is 2.35 bits per heavy atom. The number of aromatic nitrogens is 2. The lowest BCUT2D eigenvalue weighted by Crippen LogP contribution is -2.52. The van der Waals surface area contributed by atoms with E-state index in [4.69, 9.17) is 18.9 Å². The van der Waals surface area contributed by atoms with Crippen LogP contribution in [0.2, 0.25) is 0 Å². The third-order valence-corrected chi connectivity index (χ3v) is 5.95. The van der Waals surface area contributed by atoms with Gasteiger partial charge < -0.3 is 28.7 Å². The Morgan fingerprint density at radius 2 is 1.65 bits per heavy atom. The number of hydrogen-bond donors (Lipinski definition) is 0. The first-order valence-corrected chi connectivity index (χ1v) is 11.2. The summed E-state index contributed by atoms with van der Waals surface area (Å²) in [5, 5.41) is 8.81. The standard InChI is InChI=1S/C25H26N4O5/c1-17(34-20-6-4-19(31-2)5-7-20)25(30)29-13-11-28(12-14-29)24-10-8-21(26-27-24)18-3-9-22-23(15-18)33-16-32-22/h3-10,15,17H,11-14,16H2,1-2H3. The molecular formula is C25H26N4O5. The second kappa shape index (κ2) is 9.46. The van der Waals surface area contributed by atoms with E-state index in [1.165, 1.54) is 0 Å². The molecule has 5 rings (SSSR count). The lowest BCUT2D eigenvalue weighted by molar-refractivity contribution is -0.138. The van der Waals surface area contributed by atoms with E-state index >= 15 is 0 Å². The fraction of sp³-hybridized carbons (Fsp3) is 0.320. The number of benzene rings is 2. The number of amides is 1. The zero-order valence-corrected chi connectivity index (χ0v) is 19.1. The molecule has 2 aliphatic rings. The smallest absolute Gasteiger partial charge is 0.263 e. The van der Waals surface area contributed by atoms with Crippen molar-refractivity contribution in [3.63, 3.8) is 0 Å². The highest BCUT2D eigenvalue weighted by atomic mass is 16.7. The van der Waals surface area contributed by atoms with Gasteiger partial charge in [-0.1, -0.05) is 0 Å². The van der Waals surface area contributed by atoms with E-state index < -0.39 is 6.10 Å². The molecule has 176 valence electrons. The van der Waals surface area contributed by atoms with Crippen molar-refractivity contribution in [1.29, 1.82) is 0 Å². The van der Waals surface area contributed by atoms with Crippen molar-refractivity contribution >= 4 is 11.7 Å². The minimum absolute atomic E-state index is 0.0280. The van der Waals surface area contributed by atoms with E-state index in [0.29, 0.717) is 31.9 Å². The van der Waals surface area contributed by atoms with Crippen LogP contribution in [-0.4, -0.2) is 67.2 Å². The lowest BCUT2D eigenvalue weighted by atomic mass is 10.1. The van der Waals surface area contributed by atoms with Gasteiger partial charge in [0.1, 0.15) is 11.5 Å². The SMILES string of the molecule is COc1ccc(OC(C)C(=O)N2CCN(c3ccc(-c4ccc5c(c4)OCO5)nn3)CC2)cc1. The van der Waals surface area contributed by atoms with E-state index in [-0.39, 0.29) is 12.7 Å². The number of methoxy groups -OCH3 is 1. The van der Waals surface area contributed by atoms with Crippen LogP contribution in [0, 0.1) is 0 Å². The van der Waals surface area contributed by atoms with Gasteiger partial charge in [0.15, 0.2) is 23.4 Å². The van der Waals surface area contributed by atoms with Gasteiger partial charge in [-0.2, -0.15) is 0 Å². The molecule has 1 saturated heterocycles. The second-order valence-electron chi connectivity index (χ2n) is 8.09. The first-order chi connectivity index (χ1) is 16.6. The molecule has 0 radical (unpaired) electrons. The third kappa shape index (κ3) is 4.54. The van der Waals surface area contributed by atoms with Gasteiger partial charge in [-0.3, -0.25) is 4.79 Å². The molecule has 2 aliphatic heterocycles. The number of ether oxygens (including phenoxy) is 4. The maximum absolute atomic E-state index is 12.9. The van der Waals surface area contributed by atoms with Crippen LogP contribution in [0.15, 0.2) is 54.6 Å². The molecule has 1 aromatic heterocycles. The fourth-order valence-electron chi connectivity index (χ4n) is 4.03. The highest BCUT2D eigenvalue weighted by Crippen LogP contribution is 2.35. The fourth-order valence-corrected chi connectivity index (χ4v) is 4.03. The number of nitrogens with zero attached hydrogens (tertiary/aromatic N) is 4. The number of piperazine rings is 1. The summed E-state index contributed by atoms with van der Waals surface area (Å²) in [5.41, 5.74) is 1.69. The topological polar surface area (TPSA) is 86.3 Å². The number of hydrogen-bond acceptors (Lipinski definition) is 8. The van der Waals surface area contributed by atoms with E-state index in [0.717, 1.165) is 34.3 Å². The van der Waals surface area contributed by atoms with E-state index in [1.807, 2.05) is 47.4 Å². The number of carbonyl (C=O) groups excluding carboxylic acids is 1. The summed E-state index contributed by atoms with van der Waals surface area (Å²) in [6, 6.07) is 16.8. The average molecular weight is 463 g/mol. The number of anilines is 1. The van der Waals surface area contributed by atoms with Crippen LogP contribution < -0.4 is 23.8 Å². The summed E-state index contributed by atoms with van der Waals surface area (Å²) in [6.45, 7) is 4.57. The van der Waals surface area contributed by atoms with Gasteiger partial charge in [0.05, 0.1) is 12.8 Å². The molecule has 9 nitrogen and oxygen atoms in total. The van der Waals surface area contributed by atoms with Crippen molar-refractivity contribution < 1.29 is 23.7 Å². The predicted molar refractivity (Wildman–Crippen MR) is 125 cm³/mol. The Morgan fingerprint density at radius 1 is 0.912 bits per heavy atom. The first kappa shape index (κ1) is 21.8. The van der Waals surface area contributed by atoms with E-state index in [2.05, 4.69) is 15.1 Å². The summed E-state index contributed by atoms with van der Waals surface area (Å²) < 4.78 is 21.8. The van der Waals surface area contributed by atoms with Gasteiger partial charge in [-0.25, -0.2) is 0 Å². The molecule has 1 unspecified atom stereocenters. The van der Waals surface area contributed by atoms with Crippen LogP contribution in [0.5, 0.6) is 23.0 Å². The van der Waals surface area contributed by atoms with Crippen molar-refractivity contribution in [1.82, 2.24) is 15.1 Å². The number of fused-ring (bicyclic) bond motifs is 1. The Bertz CT molecular complexity index is 1140. The Hall–Kier alpha value is -4.01. The minimum atomic E-state index is -0.569. The van der Waals surface area contributed by atoms with E-state index in [9.17, 15) is 4.79 Å². The highest BCUT2D eigenvalue weighted by Gasteiger charge is 2.27. The molecule has 9 heteroatoms. The molecule has 2 aromatic carbocycles. The number of carbonyl (C=O) groups is 1. The largest absolute Gasteiger partial charge is 0.497 e. The van der Waals surface area contributed by atoms with Crippen molar-refractivity contribution in [2.45, 2.75) is 13.0 Å². The summed E-state index contributed by atoms with van der Waals surface area (Å²) in [4.78, 5) is 16.8. The van der Waals surface area contributed by atoms with Crippen LogP contribution in [-0.2, 0) is 4.79 Å². The monoisotopic (exact) mass is 462 g/mol. The van der Waals surface area contributed by atoms with Gasteiger partial charge in [-0.15, -0.1) is 10.2 Å². The third-order valence-electron chi connectivity index (χ3n) is 5.95. The lowest BCUT2D eigenvalue weighted by Gasteiger charge is -2.36. The van der Waals surface area contributed by atoms with Crippen LogP contribution >= 0.6 is 0 Å². The summed E-state index contributed by atoms with van der Waals surface area (Å²) in [5.74, 6) is 3.60. The first-order valence-electron chi connectivity index (χ1n) is 11.2. The zero-order valence-electron chi connectivity index (χ0n) is 19.1. The molecule has 0 N–H and O–H groups in total. The zero-order chi connectivity index (χ0) is 23.5.